The normalized spacial score (nSPS) is 10.2. The fourth-order valence-corrected chi connectivity index (χ4v) is 1.67. The van der Waals surface area contributed by atoms with Crippen LogP contribution in [-0.4, -0.2) is 10.8 Å². The summed E-state index contributed by atoms with van der Waals surface area (Å²) < 4.78 is 2.10. The second-order valence-electron chi connectivity index (χ2n) is 2.79. The Morgan fingerprint density at radius 3 is 2.15 bits per heavy atom. The van der Waals surface area contributed by atoms with Crippen LogP contribution in [0.4, 0.5) is 0 Å². The van der Waals surface area contributed by atoms with E-state index in [0.29, 0.717) is 0 Å². The average molecular weight is 189 g/mol. The first-order chi connectivity index (χ1) is 6.40. The van der Waals surface area contributed by atoms with E-state index in [1.807, 2.05) is 24.5 Å². The van der Waals surface area contributed by atoms with Crippen LogP contribution in [0.1, 0.15) is 0 Å². The molecule has 0 atom stereocenters. The second-order valence-corrected chi connectivity index (χ2v) is 3.67. The van der Waals surface area contributed by atoms with E-state index in [9.17, 15) is 0 Å². The molecule has 13 heavy (non-hydrogen) atoms. The molecule has 2 aromatic rings. The number of aromatic nitrogens is 1. The molecule has 0 N–H and O–H groups in total. The van der Waals surface area contributed by atoms with Crippen LogP contribution in [0.25, 0.3) is 5.69 Å². The van der Waals surface area contributed by atoms with Gasteiger partial charge in [0.2, 0.25) is 0 Å². The Morgan fingerprint density at radius 1 is 1.00 bits per heavy atom. The Hall–Kier alpha value is -1.15. The lowest BCUT2D eigenvalue weighted by atomic mass is 10.3. The average Bonchev–Trinajstić information content (AvgIpc) is 2.71. The first kappa shape index (κ1) is 8.45. The van der Waals surface area contributed by atoms with Crippen molar-refractivity contribution >= 4 is 11.8 Å². The van der Waals surface area contributed by atoms with Crippen molar-refractivity contribution in [3.8, 4) is 5.69 Å². The van der Waals surface area contributed by atoms with E-state index in [1.54, 1.807) is 11.8 Å². The molecule has 0 amide bonds. The number of hydrogen-bond donors (Lipinski definition) is 0. The third kappa shape index (κ3) is 1.78. The maximum Gasteiger partial charge on any atom is 0.0450 e. The van der Waals surface area contributed by atoms with Crippen LogP contribution in [0.3, 0.4) is 0 Å². The van der Waals surface area contributed by atoms with Crippen molar-refractivity contribution in [2.45, 2.75) is 4.90 Å². The van der Waals surface area contributed by atoms with Gasteiger partial charge in [0.15, 0.2) is 0 Å². The highest BCUT2D eigenvalue weighted by Crippen LogP contribution is 2.16. The Labute approximate surface area is 82.4 Å². The minimum absolute atomic E-state index is 1.21. The van der Waals surface area contributed by atoms with Crippen LogP contribution in [0.15, 0.2) is 53.7 Å². The van der Waals surface area contributed by atoms with Crippen LogP contribution in [-0.2, 0) is 0 Å². The molecule has 2 heteroatoms. The first-order valence-electron chi connectivity index (χ1n) is 4.17. The summed E-state index contributed by atoms with van der Waals surface area (Å²) >= 11 is 1.77. The lowest BCUT2D eigenvalue weighted by Gasteiger charge is -2.02. The van der Waals surface area contributed by atoms with Gasteiger partial charge in [-0.1, -0.05) is 0 Å². The first-order valence-corrected chi connectivity index (χ1v) is 5.40. The van der Waals surface area contributed by atoms with E-state index >= 15 is 0 Å². The summed E-state index contributed by atoms with van der Waals surface area (Å²) in [5.74, 6) is 0. The van der Waals surface area contributed by atoms with Gasteiger partial charge in [-0.15, -0.1) is 11.8 Å². The van der Waals surface area contributed by atoms with Crippen LogP contribution < -0.4 is 0 Å². The maximum absolute atomic E-state index is 2.14. The summed E-state index contributed by atoms with van der Waals surface area (Å²) in [7, 11) is 0. The number of rotatable bonds is 2. The van der Waals surface area contributed by atoms with Crippen LogP contribution in [0.2, 0.25) is 0 Å². The third-order valence-corrected chi connectivity index (χ3v) is 2.72. The van der Waals surface area contributed by atoms with Crippen LogP contribution in [0, 0.1) is 0 Å². The van der Waals surface area contributed by atoms with E-state index in [1.165, 1.54) is 10.6 Å². The molecule has 0 saturated heterocycles. The van der Waals surface area contributed by atoms with Gasteiger partial charge in [0.25, 0.3) is 0 Å². The van der Waals surface area contributed by atoms with E-state index in [0.717, 1.165) is 0 Å². The quantitative estimate of drug-likeness (QED) is 0.657. The zero-order chi connectivity index (χ0) is 9.10. The summed E-state index contributed by atoms with van der Waals surface area (Å²) in [6.45, 7) is 0. The zero-order valence-electron chi connectivity index (χ0n) is 7.47. The van der Waals surface area contributed by atoms with Crippen LogP contribution >= 0.6 is 11.8 Å². The fraction of sp³-hybridized carbons (Fsp3) is 0.0909. The van der Waals surface area contributed by atoms with Crippen molar-refractivity contribution in [3.05, 3.63) is 48.8 Å². The lowest BCUT2D eigenvalue weighted by Crippen LogP contribution is -1.87. The van der Waals surface area contributed by atoms with Crippen molar-refractivity contribution in [2.24, 2.45) is 0 Å². The molecular weight excluding hydrogens is 178 g/mol. The molecule has 0 fully saturated rings. The van der Waals surface area contributed by atoms with Crippen molar-refractivity contribution in [3.63, 3.8) is 0 Å². The van der Waals surface area contributed by atoms with E-state index in [2.05, 4.69) is 35.1 Å². The monoisotopic (exact) mass is 189 g/mol. The second kappa shape index (κ2) is 3.71. The predicted molar refractivity (Wildman–Crippen MR) is 57.6 cm³/mol. The molecule has 1 nitrogen and oxygen atoms in total. The Kier molecular flexibility index (Phi) is 2.41. The summed E-state index contributed by atoms with van der Waals surface area (Å²) in [4.78, 5) is 1.30. The van der Waals surface area contributed by atoms with Crippen molar-refractivity contribution in [1.82, 2.24) is 4.57 Å². The zero-order valence-corrected chi connectivity index (χ0v) is 8.29. The molecule has 1 aromatic carbocycles. The maximum atomic E-state index is 2.14. The number of thioether (sulfide) groups is 1. The molecule has 0 aliphatic heterocycles. The minimum Gasteiger partial charge on any atom is -0.324 e. The van der Waals surface area contributed by atoms with Crippen molar-refractivity contribution < 1.29 is 0 Å². The summed E-state index contributed by atoms with van der Waals surface area (Å²) in [5.41, 5.74) is 1.21. The SMILES string of the molecule is CSc1ccc(-n2cccc2)cc1. The molecule has 0 aliphatic rings. The summed E-state index contributed by atoms with van der Waals surface area (Å²) in [6.07, 6.45) is 6.19. The summed E-state index contributed by atoms with van der Waals surface area (Å²) in [6, 6.07) is 12.6. The fourth-order valence-electron chi connectivity index (χ4n) is 1.26. The van der Waals surface area contributed by atoms with Crippen molar-refractivity contribution in [2.75, 3.05) is 6.26 Å². The topological polar surface area (TPSA) is 4.93 Å². The smallest absolute Gasteiger partial charge is 0.0450 e. The van der Waals surface area contributed by atoms with E-state index < -0.39 is 0 Å². The largest absolute Gasteiger partial charge is 0.324 e. The van der Waals surface area contributed by atoms with Gasteiger partial charge < -0.3 is 4.57 Å². The molecule has 2 rings (SSSR count). The summed E-state index contributed by atoms with van der Waals surface area (Å²) in [5, 5.41) is 0. The van der Waals surface area contributed by atoms with E-state index in [4.69, 9.17) is 0 Å². The van der Waals surface area contributed by atoms with Gasteiger partial charge >= 0.3 is 0 Å². The van der Waals surface area contributed by atoms with Gasteiger partial charge in [-0.3, -0.25) is 0 Å². The van der Waals surface area contributed by atoms with Gasteiger partial charge in [-0.25, -0.2) is 0 Å². The minimum atomic E-state index is 1.21. The van der Waals surface area contributed by atoms with Gasteiger partial charge in [-0.2, -0.15) is 0 Å². The Morgan fingerprint density at radius 2 is 1.62 bits per heavy atom. The molecule has 66 valence electrons. The molecule has 0 bridgehead atoms. The Balaban J connectivity index is 2.33. The molecule has 0 unspecified atom stereocenters. The molecular formula is C11H11NS. The third-order valence-electron chi connectivity index (χ3n) is 1.98. The van der Waals surface area contributed by atoms with Gasteiger partial charge in [0.1, 0.15) is 0 Å². The molecule has 0 aliphatic carbocycles. The molecule has 0 radical (unpaired) electrons. The van der Waals surface area contributed by atoms with Crippen molar-refractivity contribution in [1.29, 1.82) is 0 Å². The van der Waals surface area contributed by atoms with Gasteiger partial charge in [-0.05, 0) is 42.7 Å². The molecule has 1 aromatic heterocycles. The Bertz CT molecular complexity index is 361. The van der Waals surface area contributed by atoms with Crippen LogP contribution in [0.5, 0.6) is 0 Å². The predicted octanol–water partition coefficient (Wildman–Crippen LogP) is 3.20. The molecule has 1 heterocycles. The standard InChI is InChI=1S/C11H11NS/c1-13-11-6-4-10(5-7-11)12-8-2-3-9-12/h2-9H,1H3. The highest BCUT2D eigenvalue weighted by atomic mass is 32.2. The number of nitrogens with zero attached hydrogens (tertiary/aromatic N) is 1. The van der Waals surface area contributed by atoms with Gasteiger partial charge in [0.05, 0.1) is 0 Å². The highest BCUT2D eigenvalue weighted by molar-refractivity contribution is 7.98. The van der Waals surface area contributed by atoms with Gasteiger partial charge in [0, 0.05) is 23.0 Å². The van der Waals surface area contributed by atoms with E-state index in [-0.39, 0.29) is 0 Å². The molecule has 0 spiro atoms. The number of benzene rings is 1. The lowest BCUT2D eigenvalue weighted by molar-refractivity contribution is 1.08. The number of hydrogen-bond acceptors (Lipinski definition) is 1. The highest BCUT2D eigenvalue weighted by Gasteiger charge is 1.93. The molecule has 0 saturated carbocycles.